The van der Waals surface area contributed by atoms with E-state index in [0.717, 1.165) is 17.4 Å². The summed E-state index contributed by atoms with van der Waals surface area (Å²) in [4.78, 5) is 21.7. The van der Waals surface area contributed by atoms with E-state index in [0.29, 0.717) is 16.1 Å². The standard InChI is InChI=1S/C14H10ClNO2/c15-13-7-11(14(16)18)4-5-12(13)10-3-1-2-9(6-10)8-17/h1-8H,(H2,16,18). The van der Waals surface area contributed by atoms with Crippen molar-refractivity contribution in [2.45, 2.75) is 0 Å². The molecule has 4 heteroatoms. The van der Waals surface area contributed by atoms with Crippen molar-refractivity contribution in [1.29, 1.82) is 0 Å². The zero-order valence-corrected chi connectivity index (χ0v) is 10.1. The van der Waals surface area contributed by atoms with Crippen molar-refractivity contribution in [3.8, 4) is 11.1 Å². The van der Waals surface area contributed by atoms with E-state index in [-0.39, 0.29) is 0 Å². The minimum absolute atomic E-state index is 0.357. The lowest BCUT2D eigenvalue weighted by molar-refractivity contribution is 0.1000. The first-order valence-electron chi connectivity index (χ1n) is 5.27. The molecule has 0 aliphatic carbocycles. The third kappa shape index (κ3) is 2.41. The van der Waals surface area contributed by atoms with Gasteiger partial charge in [0, 0.05) is 21.7 Å². The van der Waals surface area contributed by atoms with E-state index < -0.39 is 5.91 Å². The average molecular weight is 260 g/mol. The number of rotatable bonds is 3. The maximum absolute atomic E-state index is 11.0. The maximum Gasteiger partial charge on any atom is 0.248 e. The number of hydrogen-bond acceptors (Lipinski definition) is 2. The summed E-state index contributed by atoms with van der Waals surface area (Å²) in [6.07, 6.45) is 0.773. The molecule has 0 aromatic heterocycles. The Labute approximate surface area is 109 Å². The van der Waals surface area contributed by atoms with E-state index in [1.807, 2.05) is 6.07 Å². The fraction of sp³-hybridized carbons (Fsp3) is 0. The average Bonchev–Trinajstić information content (AvgIpc) is 2.38. The molecular formula is C14H10ClNO2. The molecule has 2 aromatic rings. The normalized spacial score (nSPS) is 10.1. The molecule has 1 amide bonds. The fourth-order valence-electron chi connectivity index (χ4n) is 1.68. The summed E-state index contributed by atoms with van der Waals surface area (Å²) in [5.41, 5.74) is 7.68. The van der Waals surface area contributed by atoms with Crippen molar-refractivity contribution in [2.24, 2.45) is 5.73 Å². The van der Waals surface area contributed by atoms with E-state index in [1.165, 1.54) is 6.07 Å². The summed E-state index contributed by atoms with van der Waals surface area (Å²) < 4.78 is 0. The second-order valence-electron chi connectivity index (χ2n) is 3.80. The first kappa shape index (κ1) is 12.3. The van der Waals surface area contributed by atoms with Crippen LogP contribution in [0.3, 0.4) is 0 Å². The van der Waals surface area contributed by atoms with E-state index in [9.17, 15) is 9.59 Å². The molecule has 18 heavy (non-hydrogen) atoms. The second-order valence-corrected chi connectivity index (χ2v) is 4.21. The van der Waals surface area contributed by atoms with Crippen molar-refractivity contribution >= 4 is 23.8 Å². The molecule has 0 aliphatic rings. The molecule has 0 fully saturated rings. The third-order valence-corrected chi connectivity index (χ3v) is 2.90. The van der Waals surface area contributed by atoms with Gasteiger partial charge in [0.1, 0.15) is 6.29 Å². The largest absolute Gasteiger partial charge is 0.366 e. The van der Waals surface area contributed by atoms with E-state index in [4.69, 9.17) is 17.3 Å². The topological polar surface area (TPSA) is 60.2 Å². The van der Waals surface area contributed by atoms with Crippen LogP contribution in [0.4, 0.5) is 0 Å². The van der Waals surface area contributed by atoms with Gasteiger partial charge < -0.3 is 5.73 Å². The number of hydrogen-bond donors (Lipinski definition) is 1. The Morgan fingerprint density at radius 3 is 2.56 bits per heavy atom. The zero-order valence-electron chi connectivity index (χ0n) is 9.39. The monoisotopic (exact) mass is 259 g/mol. The van der Waals surface area contributed by atoms with Crippen LogP contribution in [0.25, 0.3) is 11.1 Å². The summed E-state index contributed by atoms with van der Waals surface area (Å²) in [6.45, 7) is 0. The molecule has 90 valence electrons. The Balaban J connectivity index is 2.50. The van der Waals surface area contributed by atoms with Crippen LogP contribution >= 0.6 is 11.6 Å². The highest BCUT2D eigenvalue weighted by atomic mass is 35.5. The number of halogens is 1. The summed E-state index contributed by atoms with van der Waals surface area (Å²) in [7, 11) is 0. The molecule has 0 saturated heterocycles. The van der Waals surface area contributed by atoms with Crippen LogP contribution in [-0.4, -0.2) is 12.2 Å². The number of aldehydes is 1. The number of carbonyl (C=O) groups is 2. The Bertz CT molecular complexity index is 623. The molecule has 0 heterocycles. The summed E-state index contributed by atoms with van der Waals surface area (Å²) in [5.74, 6) is -0.523. The van der Waals surface area contributed by atoms with Crippen molar-refractivity contribution < 1.29 is 9.59 Å². The first-order valence-corrected chi connectivity index (χ1v) is 5.64. The van der Waals surface area contributed by atoms with Crippen molar-refractivity contribution in [3.05, 3.63) is 58.6 Å². The van der Waals surface area contributed by atoms with Crippen LogP contribution < -0.4 is 5.73 Å². The molecule has 0 unspecified atom stereocenters. The smallest absolute Gasteiger partial charge is 0.248 e. The van der Waals surface area contributed by atoms with E-state index >= 15 is 0 Å². The maximum atomic E-state index is 11.0. The van der Waals surface area contributed by atoms with Gasteiger partial charge in [0.15, 0.2) is 0 Å². The number of amides is 1. The lowest BCUT2D eigenvalue weighted by Crippen LogP contribution is -2.10. The minimum Gasteiger partial charge on any atom is -0.366 e. The lowest BCUT2D eigenvalue weighted by Gasteiger charge is -2.06. The minimum atomic E-state index is -0.523. The van der Waals surface area contributed by atoms with Gasteiger partial charge in [-0.2, -0.15) is 0 Å². The molecule has 3 nitrogen and oxygen atoms in total. The molecule has 2 N–H and O–H groups in total. The van der Waals surface area contributed by atoms with Gasteiger partial charge in [-0.05, 0) is 23.8 Å². The molecule has 0 radical (unpaired) electrons. The zero-order chi connectivity index (χ0) is 13.1. The van der Waals surface area contributed by atoms with E-state index in [1.54, 1.807) is 30.3 Å². The highest BCUT2D eigenvalue weighted by molar-refractivity contribution is 6.33. The summed E-state index contributed by atoms with van der Waals surface area (Å²) >= 11 is 6.11. The van der Waals surface area contributed by atoms with Crippen LogP contribution in [0.5, 0.6) is 0 Å². The Hall–Kier alpha value is -2.13. The van der Waals surface area contributed by atoms with E-state index in [2.05, 4.69) is 0 Å². The number of nitrogens with two attached hydrogens (primary N) is 1. The van der Waals surface area contributed by atoms with Crippen molar-refractivity contribution in [1.82, 2.24) is 0 Å². The van der Waals surface area contributed by atoms with Gasteiger partial charge in [0.05, 0.1) is 0 Å². The fourth-order valence-corrected chi connectivity index (χ4v) is 1.97. The predicted octanol–water partition coefficient (Wildman–Crippen LogP) is 2.92. The first-order chi connectivity index (χ1) is 8.61. The molecule has 0 spiro atoms. The van der Waals surface area contributed by atoms with Crippen LogP contribution in [0, 0.1) is 0 Å². The van der Waals surface area contributed by atoms with Gasteiger partial charge in [-0.15, -0.1) is 0 Å². The van der Waals surface area contributed by atoms with Gasteiger partial charge in [-0.3, -0.25) is 9.59 Å². The van der Waals surface area contributed by atoms with Gasteiger partial charge in [0.2, 0.25) is 5.91 Å². The Morgan fingerprint density at radius 2 is 1.94 bits per heavy atom. The highest BCUT2D eigenvalue weighted by Gasteiger charge is 2.07. The highest BCUT2D eigenvalue weighted by Crippen LogP contribution is 2.29. The number of primary amides is 1. The van der Waals surface area contributed by atoms with Gasteiger partial charge in [0.25, 0.3) is 0 Å². The lowest BCUT2D eigenvalue weighted by atomic mass is 10.0. The number of carbonyl (C=O) groups excluding carboxylic acids is 2. The third-order valence-electron chi connectivity index (χ3n) is 2.59. The van der Waals surface area contributed by atoms with Gasteiger partial charge in [-0.1, -0.05) is 35.9 Å². The second kappa shape index (κ2) is 5.02. The van der Waals surface area contributed by atoms with Crippen LogP contribution in [-0.2, 0) is 0 Å². The Morgan fingerprint density at radius 1 is 1.17 bits per heavy atom. The quantitative estimate of drug-likeness (QED) is 0.862. The van der Waals surface area contributed by atoms with Gasteiger partial charge >= 0.3 is 0 Å². The Kier molecular flexibility index (Phi) is 3.44. The van der Waals surface area contributed by atoms with Crippen LogP contribution in [0.15, 0.2) is 42.5 Å². The van der Waals surface area contributed by atoms with Crippen LogP contribution in [0.1, 0.15) is 20.7 Å². The summed E-state index contributed by atoms with van der Waals surface area (Å²) in [5, 5.41) is 0.425. The van der Waals surface area contributed by atoms with Gasteiger partial charge in [-0.25, -0.2) is 0 Å². The molecule has 0 bridgehead atoms. The summed E-state index contributed by atoms with van der Waals surface area (Å²) in [6, 6.07) is 11.9. The molecule has 2 aromatic carbocycles. The molecular weight excluding hydrogens is 250 g/mol. The van der Waals surface area contributed by atoms with Crippen LogP contribution in [0.2, 0.25) is 5.02 Å². The number of benzene rings is 2. The van der Waals surface area contributed by atoms with Crippen molar-refractivity contribution in [2.75, 3.05) is 0 Å². The van der Waals surface area contributed by atoms with Crippen molar-refractivity contribution in [3.63, 3.8) is 0 Å². The molecule has 0 atom stereocenters. The predicted molar refractivity (Wildman–Crippen MR) is 70.8 cm³/mol. The SMILES string of the molecule is NC(=O)c1ccc(-c2cccc(C=O)c2)c(Cl)c1. The molecule has 0 aliphatic heterocycles. The molecule has 2 rings (SSSR count). The molecule has 0 saturated carbocycles.